The molecule has 0 saturated carbocycles. The molecule has 0 heterocycles. The van der Waals surface area contributed by atoms with Crippen LogP contribution in [0, 0.1) is 10.1 Å². The van der Waals surface area contributed by atoms with E-state index in [0.29, 0.717) is 31.3 Å². The molecule has 1 aromatic rings. The molecule has 0 spiro atoms. The molecule has 1 rings (SSSR count). The maximum absolute atomic E-state index is 11.0. The molecule has 0 N–H and O–H groups in total. The minimum atomic E-state index is -0.497. The second-order valence-corrected chi connectivity index (χ2v) is 3.32. The van der Waals surface area contributed by atoms with Gasteiger partial charge in [-0.2, -0.15) is 0 Å². The number of nitrogens with zero attached hydrogens (tertiary/aromatic N) is 1. The summed E-state index contributed by atoms with van der Waals surface area (Å²) in [5, 5.41) is 11.0. The van der Waals surface area contributed by atoms with E-state index in [1.165, 1.54) is 12.1 Å². The number of benzene rings is 1. The number of hydrogen-bond acceptors (Lipinski definition) is 5. The topological polar surface area (TPSA) is 70.8 Å². The molecular weight excluding hydrogens is 238 g/mol. The average molecular weight is 255 g/mol. The van der Waals surface area contributed by atoms with Gasteiger partial charge in [0.15, 0.2) is 11.5 Å². The Balaban J connectivity index is 3.25. The molecule has 0 unspecified atom stereocenters. The first-order valence-corrected chi connectivity index (χ1v) is 5.84. The van der Waals surface area contributed by atoms with E-state index in [-0.39, 0.29) is 11.4 Å². The Morgan fingerprint density at radius 1 is 0.944 bits per heavy atom. The zero-order chi connectivity index (χ0) is 13.5. The Hall–Kier alpha value is -1.98. The third kappa shape index (κ3) is 3.26. The smallest absolute Gasteiger partial charge is 0.314 e. The Bertz CT molecular complexity index is 419. The summed E-state index contributed by atoms with van der Waals surface area (Å²) < 4.78 is 16.0. The maximum atomic E-state index is 11.0. The van der Waals surface area contributed by atoms with Crippen LogP contribution in [0.25, 0.3) is 0 Å². The van der Waals surface area contributed by atoms with Crippen LogP contribution in [-0.4, -0.2) is 24.7 Å². The second kappa shape index (κ2) is 6.68. The van der Waals surface area contributed by atoms with E-state index in [0.717, 1.165) is 0 Å². The predicted molar refractivity (Wildman–Crippen MR) is 66.6 cm³/mol. The Morgan fingerprint density at radius 3 is 1.83 bits per heavy atom. The lowest BCUT2D eigenvalue weighted by Gasteiger charge is -2.12. The van der Waals surface area contributed by atoms with Crippen molar-refractivity contribution < 1.29 is 19.1 Å². The van der Waals surface area contributed by atoms with Crippen LogP contribution in [0.4, 0.5) is 5.69 Å². The zero-order valence-corrected chi connectivity index (χ0v) is 10.8. The molecule has 6 nitrogen and oxygen atoms in total. The van der Waals surface area contributed by atoms with E-state index in [2.05, 4.69) is 0 Å². The fourth-order valence-corrected chi connectivity index (χ4v) is 1.48. The highest BCUT2D eigenvalue weighted by molar-refractivity contribution is 5.58. The molecule has 0 amide bonds. The van der Waals surface area contributed by atoms with Crippen LogP contribution < -0.4 is 14.2 Å². The first-order valence-electron chi connectivity index (χ1n) is 5.84. The van der Waals surface area contributed by atoms with E-state index >= 15 is 0 Å². The van der Waals surface area contributed by atoms with Crippen molar-refractivity contribution >= 4 is 5.69 Å². The van der Waals surface area contributed by atoms with Crippen LogP contribution >= 0.6 is 0 Å². The van der Waals surface area contributed by atoms with Gasteiger partial charge in [-0.1, -0.05) is 0 Å². The third-order valence-electron chi connectivity index (χ3n) is 2.12. The normalized spacial score (nSPS) is 9.94. The molecule has 0 radical (unpaired) electrons. The molecule has 1 aromatic carbocycles. The highest BCUT2D eigenvalue weighted by Crippen LogP contribution is 2.39. The summed E-state index contributed by atoms with van der Waals surface area (Å²) in [7, 11) is 0. The molecule has 18 heavy (non-hydrogen) atoms. The van der Waals surface area contributed by atoms with Crippen molar-refractivity contribution in [3.63, 3.8) is 0 Å². The van der Waals surface area contributed by atoms with E-state index in [4.69, 9.17) is 14.2 Å². The Morgan fingerprint density at radius 2 is 1.39 bits per heavy atom. The molecule has 0 aliphatic carbocycles. The average Bonchev–Trinajstić information content (AvgIpc) is 2.32. The fraction of sp³-hybridized carbons (Fsp3) is 0.500. The number of rotatable bonds is 7. The second-order valence-electron chi connectivity index (χ2n) is 3.32. The van der Waals surface area contributed by atoms with Crippen LogP contribution in [0.1, 0.15) is 20.8 Å². The van der Waals surface area contributed by atoms with Crippen molar-refractivity contribution in [3.8, 4) is 17.2 Å². The zero-order valence-electron chi connectivity index (χ0n) is 10.8. The lowest BCUT2D eigenvalue weighted by atomic mass is 10.2. The molecule has 0 aliphatic heterocycles. The Kier molecular flexibility index (Phi) is 5.23. The van der Waals surface area contributed by atoms with Crippen LogP contribution in [0.5, 0.6) is 17.2 Å². The van der Waals surface area contributed by atoms with Gasteiger partial charge in [-0.15, -0.1) is 0 Å². The third-order valence-corrected chi connectivity index (χ3v) is 2.12. The minimum absolute atomic E-state index is 0.122. The van der Waals surface area contributed by atoms with Crippen LogP contribution in [0.15, 0.2) is 12.1 Å². The SMILES string of the molecule is CCOc1cc(OCC)c([N+](=O)[O-])cc1OCC. The van der Waals surface area contributed by atoms with Gasteiger partial charge in [0.2, 0.25) is 5.75 Å². The van der Waals surface area contributed by atoms with Crippen LogP contribution in [0.3, 0.4) is 0 Å². The highest BCUT2D eigenvalue weighted by atomic mass is 16.6. The van der Waals surface area contributed by atoms with Crippen molar-refractivity contribution in [1.82, 2.24) is 0 Å². The van der Waals surface area contributed by atoms with Gasteiger partial charge < -0.3 is 14.2 Å². The molecule has 0 saturated heterocycles. The van der Waals surface area contributed by atoms with Gasteiger partial charge in [-0.25, -0.2) is 0 Å². The standard InChI is InChI=1S/C12H17NO5/c1-4-16-10-8-12(18-6-3)11(17-5-2)7-9(10)13(14)15/h7-8H,4-6H2,1-3H3. The van der Waals surface area contributed by atoms with Crippen LogP contribution in [0.2, 0.25) is 0 Å². The lowest BCUT2D eigenvalue weighted by Crippen LogP contribution is -2.02. The molecule has 0 fully saturated rings. The van der Waals surface area contributed by atoms with Gasteiger partial charge in [0, 0.05) is 6.07 Å². The molecule has 6 heteroatoms. The monoisotopic (exact) mass is 255 g/mol. The summed E-state index contributed by atoms with van der Waals surface area (Å²) >= 11 is 0. The molecule has 0 aromatic heterocycles. The largest absolute Gasteiger partial charge is 0.490 e. The van der Waals surface area contributed by atoms with Crippen LogP contribution in [-0.2, 0) is 0 Å². The maximum Gasteiger partial charge on any atom is 0.314 e. The number of ether oxygens (including phenoxy) is 3. The highest BCUT2D eigenvalue weighted by Gasteiger charge is 2.20. The summed E-state index contributed by atoms with van der Waals surface area (Å²) in [6.07, 6.45) is 0. The van der Waals surface area contributed by atoms with E-state index < -0.39 is 4.92 Å². The first kappa shape index (κ1) is 14.1. The van der Waals surface area contributed by atoms with Crippen molar-refractivity contribution in [3.05, 3.63) is 22.2 Å². The first-order chi connectivity index (χ1) is 8.63. The van der Waals surface area contributed by atoms with Crippen molar-refractivity contribution in [2.75, 3.05) is 19.8 Å². The van der Waals surface area contributed by atoms with Crippen molar-refractivity contribution in [1.29, 1.82) is 0 Å². The summed E-state index contributed by atoms with van der Waals surface area (Å²) in [4.78, 5) is 10.5. The lowest BCUT2D eigenvalue weighted by molar-refractivity contribution is -0.385. The van der Waals surface area contributed by atoms with Gasteiger partial charge in [-0.3, -0.25) is 10.1 Å². The Labute approximate surface area is 106 Å². The number of hydrogen-bond donors (Lipinski definition) is 0. The molecule has 0 atom stereocenters. The summed E-state index contributed by atoms with van der Waals surface area (Å²) in [5.74, 6) is 0.998. The summed E-state index contributed by atoms with van der Waals surface area (Å²) in [5.41, 5.74) is -0.122. The van der Waals surface area contributed by atoms with E-state index in [1.54, 1.807) is 13.8 Å². The van der Waals surface area contributed by atoms with Gasteiger partial charge >= 0.3 is 5.69 Å². The van der Waals surface area contributed by atoms with Gasteiger partial charge in [0.25, 0.3) is 0 Å². The fourth-order valence-electron chi connectivity index (χ4n) is 1.48. The molecule has 100 valence electrons. The molecule has 0 aliphatic rings. The van der Waals surface area contributed by atoms with Gasteiger partial charge in [-0.05, 0) is 20.8 Å². The summed E-state index contributed by atoms with van der Waals surface area (Å²) in [6, 6.07) is 2.83. The summed E-state index contributed by atoms with van der Waals surface area (Å²) in [6.45, 7) is 6.60. The van der Waals surface area contributed by atoms with Crippen molar-refractivity contribution in [2.24, 2.45) is 0 Å². The van der Waals surface area contributed by atoms with Gasteiger partial charge in [0.05, 0.1) is 30.8 Å². The number of nitro groups is 1. The number of nitro benzene ring substituents is 1. The minimum Gasteiger partial charge on any atom is -0.490 e. The molecule has 0 bridgehead atoms. The van der Waals surface area contributed by atoms with Gasteiger partial charge in [0.1, 0.15) is 0 Å². The quantitative estimate of drug-likeness (QED) is 0.553. The van der Waals surface area contributed by atoms with E-state index in [9.17, 15) is 10.1 Å². The molecular formula is C12H17NO5. The van der Waals surface area contributed by atoms with E-state index in [1.807, 2.05) is 6.92 Å². The predicted octanol–water partition coefficient (Wildman–Crippen LogP) is 2.79. The van der Waals surface area contributed by atoms with Crippen molar-refractivity contribution in [2.45, 2.75) is 20.8 Å².